The van der Waals surface area contributed by atoms with Gasteiger partial charge in [0.1, 0.15) is 12.2 Å². The first-order chi connectivity index (χ1) is 17.5. The lowest BCUT2D eigenvalue weighted by molar-refractivity contribution is -0.273. The van der Waals surface area contributed by atoms with E-state index in [4.69, 9.17) is 18.9 Å². The predicted molar refractivity (Wildman–Crippen MR) is 137 cm³/mol. The number of aliphatic hydroxyl groups is 1. The smallest absolute Gasteiger partial charge is 0.316 e. The molecule has 2 aromatic carbocycles. The van der Waals surface area contributed by atoms with Gasteiger partial charge in [0.15, 0.2) is 24.8 Å². The van der Waals surface area contributed by atoms with Gasteiger partial charge in [-0.1, -0.05) is 60.7 Å². The van der Waals surface area contributed by atoms with Gasteiger partial charge in [0, 0.05) is 11.5 Å². The fourth-order valence-electron chi connectivity index (χ4n) is 3.49. The van der Waals surface area contributed by atoms with Crippen LogP contribution in [-0.4, -0.2) is 72.1 Å². The van der Waals surface area contributed by atoms with Gasteiger partial charge >= 0.3 is 11.9 Å². The zero-order valence-electron chi connectivity index (χ0n) is 19.9. The van der Waals surface area contributed by atoms with Crippen molar-refractivity contribution in [3.63, 3.8) is 0 Å². The van der Waals surface area contributed by atoms with Crippen molar-refractivity contribution in [2.75, 3.05) is 18.1 Å². The number of aldehydes is 1. The molecule has 0 aromatic heterocycles. The summed E-state index contributed by atoms with van der Waals surface area (Å²) in [6.45, 7) is 1.55. The largest absolute Gasteiger partial charge is 0.454 e. The van der Waals surface area contributed by atoms with E-state index in [9.17, 15) is 19.5 Å². The van der Waals surface area contributed by atoms with Crippen molar-refractivity contribution in [2.24, 2.45) is 0 Å². The van der Waals surface area contributed by atoms with E-state index in [2.05, 4.69) is 0 Å². The Morgan fingerprint density at radius 2 is 1.50 bits per heavy atom. The molecule has 1 saturated heterocycles. The Bertz CT molecular complexity index is 959. The first-order valence-corrected chi connectivity index (χ1v) is 13.8. The molecule has 0 radical (unpaired) electrons. The van der Waals surface area contributed by atoms with Crippen LogP contribution in [0.2, 0.25) is 0 Å². The maximum Gasteiger partial charge on any atom is 0.316 e. The fraction of sp³-hybridized carbons (Fsp3) is 0.423. The Kier molecular flexibility index (Phi) is 11.8. The van der Waals surface area contributed by atoms with Crippen LogP contribution in [0.25, 0.3) is 0 Å². The minimum atomic E-state index is -1.44. The number of ether oxygens (including phenoxy) is 4. The monoisotopic (exact) mass is 534 g/mol. The molecule has 194 valence electrons. The molecule has 5 atom stereocenters. The molecule has 1 fully saturated rings. The molecule has 36 heavy (non-hydrogen) atoms. The maximum absolute atomic E-state index is 12.6. The number of benzene rings is 2. The summed E-state index contributed by atoms with van der Waals surface area (Å²) in [5.74, 6) is -0.0522. The SMILES string of the molecule is CC1OC[C@@H](O)[C@H]([C@H](OC(=O)CSCc2ccccc2)[C@H](C=O)OC(=O)CSCc2ccccc2)O1. The maximum atomic E-state index is 12.6. The van der Waals surface area contributed by atoms with Crippen molar-refractivity contribution >= 4 is 41.7 Å². The van der Waals surface area contributed by atoms with Gasteiger partial charge in [0.25, 0.3) is 0 Å². The van der Waals surface area contributed by atoms with Crippen molar-refractivity contribution in [1.82, 2.24) is 0 Å². The minimum absolute atomic E-state index is 0.000416. The summed E-state index contributed by atoms with van der Waals surface area (Å²) in [5.41, 5.74) is 2.10. The van der Waals surface area contributed by atoms with Crippen molar-refractivity contribution in [3.8, 4) is 0 Å². The van der Waals surface area contributed by atoms with E-state index >= 15 is 0 Å². The molecule has 0 bridgehead atoms. The molecule has 3 rings (SSSR count). The lowest BCUT2D eigenvalue weighted by Crippen LogP contribution is -2.55. The van der Waals surface area contributed by atoms with Crippen molar-refractivity contribution in [2.45, 2.75) is 49.1 Å². The average Bonchev–Trinajstić information content (AvgIpc) is 2.89. The molecule has 0 aliphatic carbocycles. The Balaban J connectivity index is 1.59. The van der Waals surface area contributed by atoms with Crippen LogP contribution >= 0.6 is 23.5 Å². The second-order valence-electron chi connectivity index (χ2n) is 8.07. The Labute approximate surface area is 219 Å². The number of carbonyl (C=O) groups excluding carboxylic acids is 3. The molecular formula is C26H30O8S2. The van der Waals surface area contributed by atoms with Crippen molar-refractivity contribution in [1.29, 1.82) is 0 Å². The number of rotatable bonds is 13. The van der Waals surface area contributed by atoms with Gasteiger partial charge < -0.3 is 24.1 Å². The van der Waals surface area contributed by atoms with Gasteiger partial charge in [0.05, 0.1) is 18.1 Å². The summed E-state index contributed by atoms with van der Waals surface area (Å²) < 4.78 is 21.8. The molecule has 1 aliphatic heterocycles. The summed E-state index contributed by atoms with van der Waals surface area (Å²) in [5, 5.41) is 10.4. The molecule has 1 N–H and O–H groups in total. The molecule has 0 amide bonds. The molecule has 10 heteroatoms. The van der Waals surface area contributed by atoms with E-state index in [1.54, 1.807) is 6.92 Å². The topological polar surface area (TPSA) is 108 Å². The number of esters is 2. The molecule has 8 nitrogen and oxygen atoms in total. The molecule has 1 heterocycles. The second kappa shape index (κ2) is 15.0. The number of carbonyl (C=O) groups is 3. The van der Waals surface area contributed by atoms with Gasteiger partial charge in [0.2, 0.25) is 0 Å². The van der Waals surface area contributed by atoms with Crippen LogP contribution < -0.4 is 0 Å². The van der Waals surface area contributed by atoms with E-state index in [1.165, 1.54) is 23.5 Å². The van der Waals surface area contributed by atoms with E-state index in [-0.39, 0.29) is 18.1 Å². The highest BCUT2D eigenvalue weighted by atomic mass is 32.2. The highest BCUT2D eigenvalue weighted by Gasteiger charge is 2.43. The summed E-state index contributed by atoms with van der Waals surface area (Å²) in [4.78, 5) is 37.1. The highest BCUT2D eigenvalue weighted by Crippen LogP contribution is 2.23. The van der Waals surface area contributed by atoms with Crippen LogP contribution in [0.15, 0.2) is 60.7 Å². The number of aliphatic hydroxyl groups excluding tert-OH is 1. The number of hydrogen-bond acceptors (Lipinski definition) is 10. The van der Waals surface area contributed by atoms with Crippen molar-refractivity contribution in [3.05, 3.63) is 71.8 Å². The predicted octanol–water partition coefficient (Wildman–Crippen LogP) is 3.00. The van der Waals surface area contributed by atoms with E-state index in [1.807, 2.05) is 60.7 Å². The van der Waals surface area contributed by atoms with Gasteiger partial charge in [-0.05, 0) is 18.1 Å². The quantitative estimate of drug-likeness (QED) is 0.304. The third kappa shape index (κ3) is 9.25. The van der Waals surface area contributed by atoms with Crippen LogP contribution in [0, 0.1) is 0 Å². The van der Waals surface area contributed by atoms with Crippen LogP contribution in [0.1, 0.15) is 18.1 Å². The summed E-state index contributed by atoms with van der Waals surface area (Å²) >= 11 is 2.68. The number of hydrogen-bond donors (Lipinski definition) is 1. The minimum Gasteiger partial charge on any atom is -0.454 e. The Hall–Kier alpha value is -2.37. The van der Waals surface area contributed by atoms with Gasteiger partial charge in [-0.15, -0.1) is 23.5 Å². The van der Waals surface area contributed by atoms with Gasteiger partial charge in [-0.25, -0.2) is 0 Å². The Morgan fingerprint density at radius 3 is 2.03 bits per heavy atom. The first kappa shape index (κ1) is 28.2. The van der Waals surface area contributed by atoms with Crippen molar-refractivity contribution < 1.29 is 38.4 Å². The average molecular weight is 535 g/mol. The van der Waals surface area contributed by atoms with Crippen LogP contribution in [0.5, 0.6) is 0 Å². The normalized spacial score (nSPS) is 21.2. The lowest BCUT2D eigenvalue weighted by atomic mass is 10.0. The zero-order valence-corrected chi connectivity index (χ0v) is 21.5. The summed E-state index contributed by atoms with van der Waals surface area (Å²) in [6, 6.07) is 19.3. The second-order valence-corrected chi connectivity index (χ2v) is 10.0. The molecule has 2 aromatic rings. The molecular weight excluding hydrogens is 504 g/mol. The third-order valence-electron chi connectivity index (χ3n) is 5.21. The Morgan fingerprint density at radius 1 is 0.972 bits per heavy atom. The number of thioether (sulfide) groups is 2. The van der Waals surface area contributed by atoms with E-state index in [0.717, 1.165) is 11.1 Å². The van der Waals surface area contributed by atoms with E-state index < -0.39 is 42.6 Å². The van der Waals surface area contributed by atoms with Crippen LogP contribution in [-0.2, 0) is 44.8 Å². The molecule has 0 saturated carbocycles. The molecule has 1 aliphatic rings. The van der Waals surface area contributed by atoms with Gasteiger partial charge in [-0.2, -0.15) is 0 Å². The van der Waals surface area contributed by atoms with Crippen LogP contribution in [0.4, 0.5) is 0 Å². The third-order valence-corrected chi connectivity index (χ3v) is 7.16. The molecule has 1 unspecified atom stereocenters. The fourth-order valence-corrected chi connectivity index (χ4v) is 5.02. The van der Waals surface area contributed by atoms with Gasteiger partial charge in [-0.3, -0.25) is 14.4 Å². The lowest BCUT2D eigenvalue weighted by Gasteiger charge is -2.38. The zero-order chi connectivity index (χ0) is 25.8. The molecule has 0 spiro atoms. The standard InChI is InChI=1S/C26H30O8S2/c1-18-31-13-21(28)25(32-18)26(34-24(30)17-36-15-20-10-6-3-7-11-20)22(12-27)33-23(29)16-35-14-19-8-4-2-5-9-19/h2-12,18,21-22,25-26,28H,13-17H2,1H3/t18?,21-,22+,25-,26-/m1/s1. The highest BCUT2D eigenvalue weighted by molar-refractivity contribution is 7.99. The first-order valence-electron chi connectivity index (χ1n) is 11.5. The summed E-state index contributed by atoms with van der Waals surface area (Å²) in [7, 11) is 0. The van der Waals surface area contributed by atoms with E-state index in [0.29, 0.717) is 17.8 Å². The summed E-state index contributed by atoms with van der Waals surface area (Å²) in [6.07, 6.45) is -5.34. The van der Waals surface area contributed by atoms with Crippen LogP contribution in [0.3, 0.4) is 0 Å².